The van der Waals surface area contributed by atoms with Gasteiger partial charge in [-0.25, -0.2) is 0 Å². The Balaban J connectivity index is 2.24. The van der Waals surface area contributed by atoms with E-state index in [0.29, 0.717) is 0 Å². The molecule has 0 bridgehead atoms. The van der Waals surface area contributed by atoms with Crippen molar-refractivity contribution in [1.29, 1.82) is 0 Å². The molecule has 1 saturated heterocycles. The summed E-state index contributed by atoms with van der Waals surface area (Å²) in [5.41, 5.74) is 3.51. The molecule has 0 atom stereocenters. The second kappa shape index (κ2) is 5.03. The Labute approximate surface area is 96.7 Å². The fourth-order valence-electron chi connectivity index (χ4n) is 1.96. The third kappa shape index (κ3) is 2.19. The summed E-state index contributed by atoms with van der Waals surface area (Å²) in [4.78, 5) is 2.34. The number of hydrogen-bond acceptors (Lipinski definition) is 3. The van der Waals surface area contributed by atoms with Crippen LogP contribution in [0.2, 0.25) is 0 Å². The molecule has 1 aromatic rings. The van der Waals surface area contributed by atoms with Crippen LogP contribution in [0.3, 0.4) is 0 Å². The third-order valence-electron chi connectivity index (χ3n) is 2.90. The topological polar surface area (TPSA) is 24.5 Å². The molecule has 2 rings (SSSR count). The van der Waals surface area contributed by atoms with Crippen LogP contribution in [0.25, 0.3) is 6.08 Å². The smallest absolute Gasteiger partial charge is 0.0642 e. The molecular weight excluding hydrogens is 200 g/mol. The molecule has 0 amide bonds. The van der Waals surface area contributed by atoms with Gasteiger partial charge in [0, 0.05) is 31.5 Å². The Morgan fingerprint density at radius 1 is 1.38 bits per heavy atom. The number of nitrogens with one attached hydrogen (secondary N) is 1. The zero-order chi connectivity index (χ0) is 11.4. The van der Waals surface area contributed by atoms with Crippen molar-refractivity contribution in [3.8, 4) is 0 Å². The molecule has 1 fully saturated rings. The highest BCUT2D eigenvalue weighted by atomic mass is 16.5. The molecular formula is C13H18N2O. The average Bonchev–Trinajstić information content (AvgIpc) is 2.39. The maximum Gasteiger partial charge on any atom is 0.0642 e. The second-order valence-corrected chi connectivity index (χ2v) is 3.83. The van der Waals surface area contributed by atoms with Crippen molar-refractivity contribution in [2.75, 3.05) is 43.6 Å². The third-order valence-corrected chi connectivity index (χ3v) is 2.90. The first-order valence-electron chi connectivity index (χ1n) is 5.62. The largest absolute Gasteiger partial charge is 0.388 e. The minimum Gasteiger partial charge on any atom is -0.388 e. The Hall–Kier alpha value is -1.48. The first-order chi connectivity index (χ1) is 7.85. The van der Waals surface area contributed by atoms with Crippen molar-refractivity contribution < 1.29 is 4.74 Å². The van der Waals surface area contributed by atoms with E-state index < -0.39 is 0 Å². The second-order valence-electron chi connectivity index (χ2n) is 3.83. The number of anilines is 2. The Bertz CT molecular complexity index is 370. The summed E-state index contributed by atoms with van der Waals surface area (Å²) < 4.78 is 5.35. The zero-order valence-corrected chi connectivity index (χ0v) is 9.70. The van der Waals surface area contributed by atoms with E-state index in [1.54, 1.807) is 0 Å². The lowest BCUT2D eigenvalue weighted by atomic mass is 10.1. The fraction of sp³-hybridized carbons (Fsp3) is 0.385. The number of nitrogens with zero attached hydrogens (tertiary/aromatic N) is 1. The predicted octanol–water partition coefficient (Wildman–Crippen LogP) is 2.21. The number of benzene rings is 1. The zero-order valence-electron chi connectivity index (χ0n) is 9.70. The van der Waals surface area contributed by atoms with Crippen LogP contribution in [0.5, 0.6) is 0 Å². The molecule has 0 aliphatic carbocycles. The van der Waals surface area contributed by atoms with Gasteiger partial charge in [-0.15, -0.1) is 0 Å². The van der Waals surface area contributed by atoms with Gasteiger partial charge in [0.25, 0.3) is 0 Å². The van der Waals surface area contributed by atoms with Gasteiger partial charge in [-0.05, 0) is 23.8 Å². The van der Waals surface area contributed by atoms with Gasteiger partial charge < -0.3 is 15.0 Å². The van der Waals surface area contributed by atoms with Crippen molar-refractivity contribution >= 4 is 17.5 Å². The minimum absolute atomic E-state index is 0.817. The maximum atomic E-state index is 5.35. The van der Waals surface area contributed by atoms with E-state index in [9.17, 15) is 0 Å². The van der Waals surface area contributed by atoms with Crippen LogP contribution < -0.4 is 10.2 Å². The van der Waals surface area contributed by atoms with E-state index in [1.165, 1.54) is 5.69 Å². The summed E-state index contributed by atoms with van der Waals surface area (Å²) in [6, 6.07) is 6.41. The number of rotatable bonds is 3. The monoisotopic (exact) mass is 218 g/mol. The van der Waals surface area contributed by atoms with Crippen molar-refractivity contribution in [3.05, 3.63) is 30.3 Å². The Kier molecular flexibility index (Phi) is 3.47. The Morgan fingerprint density at radius 2 is 2.12 bits per heavy atom. The van der Waals surface area contributed by atoms with Gasteiger partial charge in [0.05, 0.1) is 13.2 Å². The molecule has 3 heteroatoms. The lowest BCUT2D eigenvalue weighted by Crippen LogP contribution is -2.36. The molecule has 86 valence electrons. The molecule has 0 aromatic heterocycles. The highest BCUT2D eigenvalue weighted by Gasteiger charge is 2.11. The van der Waals surface area contributed by atoms with Gasteiger partial charge in [0.2, 0.25) is 0 Å². The van der Waals surface area contributed by atoms with Crippen LogP contribution in [0.1, 0.15) is 5.56 Å². The van der Waals surface area contributed by atoms with E-state index in [-0.39, 0.29) is 0 Å². The van der Waals surface area contributed by atoms with Crippen LogP contribution >= 0.6 is 0 Å². The molecule has 0 spiro atoms. The lowest BCUT2D eigenvalue weighted by molar-refractivity contribution is 0.122. The van der Waals surface area contributed by atoms with Crippen LogP contribution in [-0.4, -0.2) is 33.4 Å². The first-order valence-corrected chi connectivity index (χ1v) is 5.62. The highest BCUT2D eigenvalue weighted by Crippen LogP contribution is 2.24. The summed E-state index contributed by atoms with van der Waals surface area (Å²) in [5.74, 6) is 0. The number of hydrogen-bond donors (Lipinski definition) is 1. The molecule has 1 N–H and O–H groups in total. The molecule has 16 heavy (non-hydrogen) atoms. The fourth-order valence-corrected chi connectivity index (χ4v) is 1.96. The SMILES string of the molecule is C=Cc1cc(N2CCOCC2)ccc1NC. The van der Waals surface area contributed by atoms with Gasteiger partial charge >= 0.3 is 0 Å². The van der Waals surface area contributed by atoms with Crippen LogP contribution in [0.4, 0.5) is 11.4 Å². The lowest BCUT2D eigenvalue weighted by Gasteiger charge is -2.29. The first kappa shape index (κ1) is 11.0. The molecule has 3 nitrogen and oxygen atoms in total. The Morgan fingerprint density at radius 3 is 2.75 bits per heavy atom. The molecule has 1 aliphatic heterocycles. The summed E-state index contributed by atoms with van der Waals surface area (Å²) in [7, 11) is 1.93. The molecule has 1 aromatic carbocycles. The summed E-state index contributed by atoms with van der Waals surface area (Å²) in [6.07, 6.45) is 1.88. The molecule has 0 radical (unpaired) electrons. The van der Waals surface area contributed by atoms with E-state index in [1.807, 2.05) is 13.1 Å². The highest BCUT2D eigenvalue weighted by molar-refractivity contribution is 5.70. The van der Waals surface area contributed by atoms with Crippen molar-refractivity contribution in [3.63, 3.8) is 0 Å². The molecule has 1 aliphatic rings. The number of ether oxygens (including phenoxy) is 1. The van der Waals surface area contributed by atoms with E-state index >= 15 is 0 Å². The van der Waals surface area contributed by atoms with Crippen molar-refractivity contribution in [2.24, 2.45) is 0 Å². The number of morpholine rings is 1. The van der Waals surface area contributed by atoms with Gasteiger partial charge in [-0.1, -0.05) is 12.7 Å². The quantitative estimate of drug-likeness (QED) is 0.841. The van der Waals surface area contributed by atoms with Gasteiger partial charge in [0.1, 0.15) is 0 Å². The van der Waals surface area contributed by atoms with Crippen LogP contribution in [0, 0.1) is 0 Å². The van der Waals surface area contributed by atoms with Crippen LogP contribution in [-0.2, 0) is 4.74 Å². The van der Waals surface area contributed by atoms with E-state index in [0.717, 1.165) is 37.6 Å². The van der Waals surface area contributed by atoms with Crippen LogP contribution in [0.15, 0.2) is 24.8 Å². The molecule has 0 unspecified atom stereocenters. The molecule has 1 heterocycles. The van der Waals surface area contributed by atoms with Gasteiger partial charge in [0.15, 0.2) is 0 Å². The standard InChI is InChI=1S/C13H18N2O/c1-3-11-10-12(4-5-13(11)14-2)15-6-8-16-9-7-15/h3-5,10,14H,1,6-9H2,2H3. The van der Waals surface area contributed by atoms with Gasteiger partial charge in [-0.2, -0.15) is 0 Å². The van der Waals surface area contributed by atoms with Crippen molar-refractivity contribution in [2.45, 2.75) is 0 Å². The van der Waals surface area contributed by atoms with E-state index in [2.05, 4.69) is 35.0 Å². The van der Waals surface area contributed by atoms with Gasteiger partial charge in [-0.3, -0.25) is 0 Å². The summed E-state index contributed by atoms with van der Waals surface area (Å²) >= 11 is 0. The normalized spacial score (nSPS) is 15.9. The van der Waals surface area contributed by atoms with E-state index in [4.69, 9.17) is 4.74 Å². The maximum absolute atomic E-state index is 5.35. The predicted molar refractivity (Wildman–Crippen MR) is 69.1 cm³/mol. The average molecular weight is 218 g/mol. The molecule has 0 saturated carbocycles. The summed E-state index contributed by atoms with van der Waals surface area (Å²) in [6.45, 7) is 7.41. The van der Waals surface area contributed by atoms with Crippen molar-refractivity contribution in [1.82, 2.24) is 0 Å². The summed E-state index contributed by atoms with van der Waals surface area (Å²) in [5, 5.41) is 3.16. The minimum atomic E-state index is 0.817.